The number of ether oxygens (including phenoxy) is 2. The second-order valence-electron chi connectivity index (χ2n) is 14.2. The first-order chi connectivity index (χ1) is 29.0. The van der Waals surface area contributed by atoms with Gasteiger partial charge in [-0.05, 0) is 67.6 Å². The van der Waals surface area contributed by atoms with Gasteiger partial charge >= 0.3 is 0 Å². The highest BCUT2D eigenvalue weighted by molar-refractivity contribution is 5.92. The molecule has 5 aromatic heterocycles. The van der Waals surface area contributed by atoms with E-state index in [4.69, 9.17) is 20.2 Å². The van der Waals surface area contributed by atoms with Crippen LogP contribution in [0.4, 0.5) is 17.1 Å². The van der Waals surface area contributed by atoms with Crippen LogP contribution in [0.15, 0.2) is 156 Å². The van der Waals surface area contributed by atoms with Crippen molar-refractivity contribution in [1.29, 1.82) is 0 Å². The van der Waals surface area contributed by atoms with Gasteiger partial charge in [0, 0.05) is 87.4 Å². The van der Waals surface area contributed by atoms with Gasteiger partial charge in [0.2, 0.25) is 11.1 Å². The Labute approximate surface area is 344 Å². The molecule has 0 fully saturated rings. The minimum atomic E-state index is -0.0814. The highest BCUT2D eigenvalue weighted by Gasteiger charge is 2.20. The van der Waals surface area contributed by atoms with Crippen molar-refractivity contribution in [2.24, 2.45) is 28.2 Å². The van der Waals surface area contributed by atoms with Gasteiger partial charge < -0.3 is 29.7 Å². The zero-order chi connectivity index (χ0) is 41.9. The lowest BCUT2D eigenvalue weighted by molar-refractivity contribution is 0.487. The third-order valence-corrected chi connectivity index (χ3v) is 9.80. The fourth-order valence-corrected chi connectivity index (χ4v) is 6.82. The summed E-state index contributed by atoms with van der Waals surface area (Å²) in [4.78, 5) is 28.6. The molecule has 0 unspecified atom stereocenters. The lowest BCUT2D eigenvalue weighted by atomic mass is 10.0. The molecule has 0 amide bonds. The van der Waals surface area contributed by atoms with Crippen LogP contribution in [0.2, 0.25) is 0 Å². The Balaban J connectivity index is 0.000000167. The quantitative estimate of drug-likeness (QED) is 0.138. The van der Waals surface area contributed by atoms with E-state index in [1.165, 1.54) is 10.6 Å². The van der Waals surface area contributed by atoms with Crippen molar-refractivity contribution in [2.75, 3.05) is 11.1 Å². The van der Waals surface area contributed by atoms with E-state index < -0.39 is 0 Å². The number of hydrogen-bond acceptors (Lipinski definition) is 9. The van der Waals surface area contributed by atoms with E-state index in [-0.39, 0.29) is 11.1 Å². The second-order valence-corrected chi connectivity index (χ2v) is 14.2. The molecule has 0 saturated carbocycles. The summed E-state index contributed by atoms with van der Waals surface area (Å²) in [7, 11) is 7.19. The number of pyridine rings is 2. The Hall–Kier alpha value is -8.13. The smallest absolute Gasteiger partial charge is 0.250 e. The van der Waals surface area contributed by atoms with Crippen molar-refractivity contribution in [3.8, 4) is 50.9 Å². The number of aryl methyl sites for hydroxylation is 5. The van der Waals surface area contributed by atoms with Gasteiger partial charge in [-0.1, -0.05) is 36.4 Å². The van der Waals surface area contributed by atoms with Gasteiger partial charge in [0.25, 0.3) is 0 Å². The number of rotatable bonds is 9. The maximum Gasteiger partial charge on any atom is 0.250 e. The molecule has 0 aliphatic rings. The molecule has 0 aliphatic carbocycles. The molecule has 0 spiro atoms. The predicted molar refractivity (Wildman–Crippen MR) is 234 cm³/mol. The predicted octanol–water partition coefficient (Wildman–Crippen LogP) is 8.13. The van der Waals surface area contributed by atoms with Crippen LogP contribution in [0.5, 0.6) is 23.0 Å². The summed E-state index contributed by atoms with van der Waals surface area (Å²) in [6.45, 7) is 1.96. The van der Waals surface area contributed by atoms with Gasteiger partial charge in [-0.25, -0.2) is 4.98 Å². The summed E-state index contributed by atoms with van der Waals surface area (Å²) in [5.41, 5.74) is 14.3. The number of imidazole rings is 1. The molecule has 0 aliphatic heterocycles. The molecule has 60 heavy (non-hydrogen) atoms. The van der Waals surface area contributed by atoms with Crippen LogP contribution in [0.1, 0.15) is 5.82 Å². The Morgan fingerprint density at radius 3 is 1.70 bits per heavy atom. The average molecular weight is 799 g/mol. The summed E-state index contributed by atoms with van der Waals surface area (Å²) in [6, 6.07) is 33.6. The van der Waals surface area contributed by atoms with Gasteiger partial charge in [0.1, 0.15) is 22.8 Å². The van der Waals surface area contributed by atoms with E-state index in [1.807, 2.05) is 137 Å². The molecule has 14 nitrogen and oxygen atoms in total. The van der Waals surface area contributed by atoms with Gasteiger partial charge in [-0.15, -0.1) is 0 Å². The molecule has 3 N–H and O–H groups in total. The lowest BCUT2D eigenvalue weighted by Crippen LogP contribution is -2.14. The van der Waals surface area contributed by atoms with Crippen LogP contribution in [-0.2, 0) is 28.2 Å². The number of nitrogens with two attached hydrogens (primary N) is 1. The number of aromatic nitrogens is 8. The molecular weight excluding hydrogens is 757 g/mol. The molecular formula is C46H42N10O4. The monoisotopic (exact) mass is 798 g/mol. The number of nitrogens with one attached hydrogen (secondary N) is 1. The molecule has 0 atom stereocenters. The fraction of sp³-hybridized carbons (Fsp3) is 0.109. The van der Waals surface area contributed by atoms with Gasteiger partial charge in [-0.2, -0.15) is 10.2 Å². The molecule has 4 aromatic carbocycles. The van der Waals surface area contributed by atoms with Crippen molar-refractivity contribution >= 4 is 28.1 Å². The average Bonchev–Trinajstić information content (AvgIpc) is 3.96. The molecule has 0 saturated heterocycles. The van der Waals surface area contributed by atoms with Crippen molar-refractivity contribution < 1.29 is 9.47 Å². The number of nitrogen functional groups attached to an aromatic ring is 1. The van der Waals surface area contributed by atoms with Crippen molar-refractivity contribution in [2.45, 2.75) is 6.92 Å². The first kappa shape index (κ1) is 38.7. The zero-order valence-corrected chi connectivity index (χ0v) is 33.6. The summed E-state index contributed by atoms with van der Waals surface area (Å²) in [6.07, 6.45) is 10.9. The fourth-order valence-electron chi connectivity index (χ4n) is 6.82. The van der Waals surface area contributed by atoms with E-state index in [1.54, 1.807) is 52.6 Å². The Morgan fingerprint density at radius 1 is 0.600 bits per heavy atom. The van der Waals surface area contributed by atoms with Crippen LogP contribution >= 0.6 is 0 Å². The third-order valence-electron chi connectivity index (χ3n) is 9.80. The van der Waals surface area contributed by atoms with E-state index in [0.29, 0.717) is 28.6 Å². The normalized spacial score (nSPS) is 10.9. The SMILES string of the molecule is Cc1nc2c(Oc3ccccc3)c(-c3ccc(=O)n(C)c3)ccc2n1-c1cnn(C)c1.Cn1cc(Nc2ccc(-c3ccc(=O)n(C)c3)c(Oc3ccccc3)c2N)cn1. The maximum atomic E-state index is 11.9. The first-order valence-corrected chi connectivity index (χ1v) is 19.0. The number of benzene rings is 4. The van der Waals surface area contributed by atoms with E-state index in [9.17, 15) is 9.59 Å². The second kappa shape index (κ2) is 16.4. The first-order valence-electron chi connectivity index (χ1n) is 19.0. The van der Waals surface area contributed by atoms with Crippen molar-refractivity contribution in [3.63, 3.8) is 0 Å². The van der Waals surface area contributed by atoms with Gasteiger partial charge in [0.05, 0.1) is 40.7 Å². The molecule has 9 aromatic rings. The van der Waals surface area contributed by atoms with Gasteiger partial charge in [-0.3, -0.25) is 23.5 Å². The molecule has 14 heteroatoms. The molecule has 0 radical (unpaired) electrons. The minimum Gasteiger partial charge on any atom is -0.454 e. The summed E-state index contributed by atoms with van der Waals surface area (Å²) in [5.74, 6) is 3.38. The van der Waals surface area contributed by atoms with Crippen LogP contribution < -0.4 is 31.6 Å². The van der Waals surface area contributed by atoms with E-state index in [2.05, 4.69) is 20.1 Å². The van der Waals surface area contributed by atoms with Gasteiger partial charge in [0.15, 0.2) is 11.5 Å². The van der Waals surface area contributed by atoms with Crippen LogP contribution in [-0.4, -0.2) is 38.2 Å². The van der Waals surface area contributed by atoms with Crippen LogP contribution in [0, 0.1) is 6.92 Å². The number of anilines is 3. The third kappa shape index (κ3) is 8.02. The number of para-hydroxylation sites is 2. The summed E-state index contributed by atoms with van der Waals surface area (Å²) in [5, 5.41) is 11.7. The molecule has 0 bridgehead atoms. The van der Waals surface area contributed by atoms with Crippen LogP contribution in [0.25, 0.3) is 39.0 Å². The van der Waals surface area contributed by atoms with E-state index >= 15 is 0 Å². The number of hydrogen-bond donors (Lipinski definition) is 2. The Kier molecular flexibility index (Phi) is 10.6. The van der Waals surface area contributed by atoms with Crippen LogP contribution in [0.3, 0.4) is 0 Å². The zero-order valence-electron chi connectivity index (χ0n) is 33.6. The topological polar surface area (TPSA) is 154 Å². The minimum absolute atomic E-state index is 0.0629. The number of fused-ring (bicyclic) bond motifs is 1. The molecule has 9 rings (SSSR count). The van der Waals surface area contributed by atoms with E-state index in [0.717, 1.165) is 56.2 Å². The summed E-state index contributed by atoms with van der Waals surface area (Å²) >= 11 is 0. The lowest BCUT2D eigenvalue weighted by Gasteiger charge is -2.17. The molecule has 300 valence electrons. The Bertz CT molecular complexity index is 3090. The highest BCUT2D eigenvalue weighted by atomic mass is 16.5. The van der Waals surface area contributed by atoms with Crippen molar-refractivity contribution in [3.05, 3.63) is 173 Å². The standard InChI is InChI=1S/C24H21N5O2.C22H21N5O2/c1-16-26-23-21(29(16)18-13-25-28(3)15-18)11-10-20(17-9-12-22(30)27(2)14-17)24(23)31-19-7-5-4-6-8-19;1-26-13-15(8-11-20(26)28)18-9-10-19(25-16-12-24-27(2)14-16)21(23)22(18)29-17-6-4-3-5-7-17/h4-15H,1-3H3;3-14,25H,23H2,1-2H3. The Morgan fingerprint density at radius 2 is 1.15 bits per heavy atom. The highest BCUT2D eigenvalue weighted by Crippen LogP contribution is 2.43. The van der Waals surface area contributed by atoms with Crippen molar-refractivity contribution in [1.82, 2.24) is 38.2 Å². The maximum absolute atomic E-state index is 11.9. The molecule has 5 heterocycles. The largest absolute Gasteiger partial charge is 0.454 e. The number of nitrogens with zero attached hydrogens (tertiary/aromatic N) is 8. The summed E-state index contributed by atoms with van der Waals surface area (Å²) < 4.78 is 21.2.